The molecule has 1 fully saturated rings. The van der Waals surface area contributed by atoms with Gasteiger partial charge in [0.05, 0.1) is 5.60 Å². The number of benzene rings is 1. The third kappa shape index (κ3) is 3.09. The first kappa shape index (κ1) is 13.5. The minimum Gasteiger partial charge on any atom is -0.374 e. The zero-order chi connectivity index (χ0) is 13.0. The van der Waals surface area contributed by atoms with Crippen LogP contribution in [0, 0.1) is 5.82 Å². The van der Waals surface area contributed by atoms with E-state index in [1.54, 1.807) is 0 Å². The van der Waals surface area contributed by atoms with E-state index >= 15 is 0 Å². The van der Waals surface area contributed by atoms with E-state index in [0.717, 1.165) is 38.0 Å². The highest BCUT2D eigenvalue weighted by molar-refractivity contribution is 5.18. The maximum atomic E-state index is 12.9. The van der Waals surface area contributed by atoms with Crippen LogP contribution in [0.1, 0.15) is 32.3 Å². The number of rotatable bonds is 5. The first-order valence-electron chi connectivity index (χ1n) is 6.76. The van der Waals surface area contributed by atoms with E-state index in [1.807, 2.05) is 12.1 Å². The summed E-state index contributed by atoms with van der Waals surface area (Å²) in [5.74, 6) is -0.179. The molecule has 1 heterocycles. The van der Waals surface area contributed by atoms with Crippen LogP contribution in [0.5, 0.6) is 0 Å². The Hall–Kier alpha value is -0.930. The Morgan fingerprint density at radius 3 is 2.67 bits per heavy atom. The van der Waals surface area contributed by atoms with Gasteiger partial charge in [0.1, 0.15) is 5.82 Å². The molecule has 1 saturated heterocycles. The van der Waals surface area contributed by atoms with Gasteiger partial charge in [0.2, 0.25) is 0 Å². The molecule has 1 N–H and O–H groups in total. The highest BCUT2D eigenvalue weighted by atomic mass is 19.1. The lowest BCUT2D eigenvalue weighted by atomic mass is 9.88. The van der Waals surface area contributed by atoms with Gasteiger partial charge in [-0.15, -0.1) is 0 Å². The molecular formula is C15H22FNO. The van der Waals surface area contributed by atoms with Gasteiger partial charge in [-0.05, 0) is 50.4 Å². The van der Waals surface area contributed by atoms with Gasteiger partial charge in [-0.1, -0.05) is 19.1 Å². The zero-order valence-electron chi connectivity index (χ0n) is 11.2. The first-order chi connectivity index (χ1) is 8.64. The Morgan fingerprint density at radius 2 is 2.11 bits per heavy atom. The summed E-state index contributed by atoms with van der Waals surface area (Å²) in [6.07, 6.45) is 3.10. The van der Waals surface area contributed by atoms with E-state index in [4.69, 9.17) is 4.74 Å². The van der Waals surface area contributed by atoms with Crippen molar-refractivity contribution in [3.8, 4) is 0 Å². The third-order valence-electron chi connectivity index (χ3n) is 3.79. The molecule has 0 spiro atoms. The topological polar surface area (TPSA) is 21.3 Å². The molecule has 0 saturated carbocycles. The van der Waals surface area contributed by atoms with E-state index in [2.05, 4.69) is 19.2 Å². The van der Waals surface area contributed by atoms with Crippen molar-refractivity contribution >= 4 is 0 Å². The quantitative estimate of drug-likeness (QED) is 0.868. The van der Waals surface area contributed by atoms with Crippen LogP contribution < -0.4 is 5.32 Å². The van der Waals surface area contributed by atoms with Gasteiger partial charge in [0.15, 0.2) is 0 Å². The predicted molar refractivity (Wildman–Crippen MR) is 71.2 cm³/mol. The molecule has 0 aliphatic carbocycles. The summed E-state index contributed by atoms with van der Waals surface area (Å²) in [6.45, 7) is 6.06. The fourth-order valence-corrected chi connectivity index (χ4v) is 2.68. The highest BCUT2D eigenvalue weighted by Gasteiger charge is 2.37. The fraction of sp³-hybridized carbons (Fsp3) is 0.600. The van der Waals surface area contributed by atoms with E-state index in [1.165, 1.54) is 12.1 Å². The molecule has 1 aliphatic rings. The molecule has 2 rings (SSSR count). The van der Waals surface area contributed by atoms with Crippen LogP contribution in [0.15, 0.2) is 24.3 Å². The Bertz CT molecular complexity index is 371. The standard InChI is InChI=1S/C15H22FNO/c1-3-17-14(15(2)9-4-10-18-15)11-12-5-7-13(16)8-6-12/h5-8,14,17H,3-4,9-11H2,1-2H3. The van der Waals surface area contributed by atoms with E-state index in [-0.39, 0.29) is 17.5 Å². The molecule has 1 aliphatic heterocycles. The molecule has 0 radical (unpaired) electrons. The van der Waals surface area contributed by atoms with Crippen molar-refractivity contribution in [3.63, 3.8) is 0 Å². The third-order valence-corrected chi connectivity index (χ3v) is 3.79. The van der Waals surface area contributed by atoms with E-state index in [9.17, 15) is 4.39 Å². The van der Waals surface area contributed by atoms with Crippen molar-refractivity contribution in [2.24, 2.45) is 0 Å². The van der Waals surface area contributed by atoms with Crippen molar-refractivity contribution < 1.29 is 9.13 Å². The zero-order valence-corrected chi connectivity index (χ0v) is 11.2. The summed E-state index contributed by atoms with van der Waals surface area (Å²) in [5, 5.41) is 3.51. The summed E-state index contributed by atoms with van der Waals surface area (Å²) in [6, 6.07) is 7.05. The number of ether oxygens (including phenoxy) is 1. The minimum absolute atomic E-state index is 0.0929. The second-order valence-corrected chi connectivity index (χ2v) is 5.21. The van der Waals surface area contributed by atoms with Gasteiger partial charge in [-0.2, -0.15) is 0 Å². The molecule has 2 unspecified atom stereocenters. The molecular weight excluding hydrogens is 229 g/mol. The van der Waals surface area contributed by atoms with E-state index < -0.39 is 0 Å². The van der Waals surface area contributed by atoms with Gasteiger partial charge < -0.3 is 10.1 Å². The lowest BCUT2D eigenvalue weighted by Crippen LogP contribution is -2.49. The average molecular weight is 251 g/mol. The molecule has 100 valence electrons. The van der Waals surface area contributed by atoms with Crippen LogP contribution in [-0.2, 0) is 11.2 Å². The second-order valence-electron chi connectivity index (χ2n) is 5.21. The minimum atomic E-state index is -0.179. The lowest BCUT2D eigenvalue weighted by Gasteiger charge is -2.34. The number of nitrogens with one attached hydrogen (secondary N) is 1. The SMILES string of the molecule is CCNC(Cc1ccc(F)cc1)C1(C)CCCO1. The molecule has 18 heavy (non-hydrogen) atoms. The van der Waals surface area contributed by atoms with Crippen LogP contribution in [-0.4, -0.2) is 24.8 Å². The molecule has 2 atom stereocenters. The van der Waals surface area contributed by atoms with Crippen LogP contribution in [0.4, 0.5) is 4.39 Å². The smallest absolute Gasteiger partial charge is 0.123 e. The number of hydrogen-bond acceptors (Lipinski definition) is 2. The van der Waals surface area contributed by atoms with Crippen molar-refractivity contribution in [2.75, 3.05) is 13.2 Å². The molecule has 1 aromatic rings. The maximum absolute atomic E-state index is 12.9. The summed E-state index contributed by atoms with van der Waals surface area (Å²) in [4.78, 5) is 0. The van der Waals surface area contributed by atoms with Crippen LogP contribution in [0.25, 0.3) is 0 Å². The van der Waals surface area contributed by atoms with Crippen molar-refractivity contribution in [1.82, 2.24) is 5.32 Å². The summed E-state index contributed by atoms with van der Waals surface area (Å²) >= 11 is 0. The number of likely N-dealkylation sites (N-methyl/N-ethyl adjacent to an activating group) is 1. The molecule has 0 amide bonds. The summed E-state index contributed by atoms with van der Waals surface area (Å²) in [7, 11) is 0. The Balaban J connectivity index is 2.08. The Morgan fingerprint density at radius 1 is 1.39 bits per heavy atom. The largest absolute Gasteiger partial charge is 0.374 e. The monoisotopic (exact) mass is 251 g/mol. The van der Waals surface area contributed by atoms with Crippen LogP contribution >= 0.6 is 0 Å². The van der Waals surface area contributed by atoms with Gasteiger partial charge >= 0.3 is 0 Å². The normalized spacial score (nSPS) is 25.3. The molecule has 1 aromatic carbocycles. The van der Waals surface area contributed by atoms with Gasteiger partial charge in [0.25, 0.3) is 0 Å². The highest BCUT2D eigenvalue weighted by Crippen LogP contribution is 2.30. The summed E-state index contributed by atoms with van der Waals surface area (Å²) in [5.41, 5.74) is 1.06. The predicted octanol–water partition coefficient (Wildman–Crippen LogP) is 2.92. The Kier molecular flexibility index (Phi) is 4.36. The van der Waals surface area contributed by atoms with E-state index in [0.29, 0.717) is 0 Å². The number of hydrogen-bond donors (Lipinski definition) is 1. The van der Waals surface area contributed by atoms with Gasteiger partial charge in [-0.3, -0.25) is 0 Å². The Labute approximate surface area is 109 Å². The van der Waals surface area contributed by atoms with Crippen molar-refractivity contribution in [2.45, 2.75) is 44.8 Å². The number of halogens is 1. The molecule has 0 bridgehead atoms. The average Bonchev–Trinajstić information content (AvgIpc) is 2.80. The first-order valence-corrected chi connectivity index (χ1v) is 6.76. The van der Waals surface area contributed by atoms with Crippen LogP contribution in [0.3, 0.4) is 0 Å². The molecule has 0 aromatic heterocycles. The lowest BCUT2D eigenvalue weighted by molar-refractivity contribution is -0.0110. The van der Waals surface area contributed by atoms with Crippen molar-refractivity contribution in [3.05, 3.63) is 35.6 Å². The second kappa shape index (κ2) is 5.81. The molecule has 3 heteroatoms. The maximum Gasteiger partial charge on any atom is 0.123 e. The molecule has 2 nitrogen and oxygen atoms in total. The van der Waals surface area contributed by atoms with Gasteiger partial charge in [0, 0.05) is 12.6 Å². The fourth-order valence-electron chi connectivity index (χ4n) is 2.68. The summed E-state index contributed by atoms with van der Waals surface area (Å²) < 4.78 is 18.8. The van der Waals surface area contributed by atoms with Crippen LogP contribution in [0.2, 0.25) is 0 Å². The van der Waals surface area contributed by atoms with Gasteiger partial charge in [-0.25, -0.2) is 4.39 Å². The van der Waals surface area contributed by atoms with Crippen molar-refractivity contribution in [1.29, 1.82) is 0 Å².